The highest BCUT2D eigenvalue weighted by molar-refractivity contribution is 6.14. The fourth-order valence-electron chi connectivity index (χ4n) is 17.1. The van der Waals surface area contributed by atoms with Gasteiger partial charge < -0.3 is 0 Å². The maximum absolute atomic E-state index is 5.74. The summed E-state index contributed by atoms with van der Waals surface area (Å²) in [5, 5.41) is 11.2. The second kappa shape index (κ2) is 18.3. The van der Waals surface area contributed by atoms with Gasteiger partial charge in [-0.1, -0.05) is 243 Å². The lowest BCUT2D eigenvalue weighted by molar-refractivity contribution is 0.635. The molecule has 4 heterocycles. The Hall–Kier alpha value is -12.1. The maximum Gasteiger partial charge on any atom is 0.235 e. The van der Waals surface area contributed by atoms with Crippen LogP contribution in [0.1, 0.15) is 44.5 Å². The van der Waals surface area contributed by atoms with Gasteiger partial charge in [0.25, 0.3) is 0 Å². The predicted octanol–water partition coefficient (Wildman–Crippen LogP) is 20.4. The SMILES string of the molecule is c1ccc2c(c1)-c1ccccc1C21c2cc3c4ccccc4n(-c4nc(-c5ccc6ccccc6c5)c5ccccc5n4)c3cc2C2(c3ccccc3-c3ccccc32)c2cc3c4ccccc4n(-c4nc(-c5ccc6ccccc6c5)c5ccccc5n4)c3cc21. The summed E-state index contributed by atoms with van der Waals surface area (Å²) < 4.78 is 4.71. The van der Waals surface area contributed by atoms with Crippen LogP contribution in [0.25, 0.3) is 144 Å². The van der Waals surface area contributed by atoms with Crippen LogP contribution < -0.4 is 0 Å². The Kier molecular flexibility index (Phi) is 9.89. The largest absolute Gasteiger partial charge is 0.278 e. The zero-order chi connectivity index (χ0) is 60.0. The van der Waals surface area contributed by atoms with E-state index in [-0.39, 0.29) is 0 Å². The van der Waals surface area contributed by atoms with Crippen molar-refractivity contribution in [1.82, 2.24) is 29.1 Å². The van der Waals surface area contributed by atoms with Crippen LogP contribution in [0, 0.1) is 0 Å². The standard InChI is InChI=1S/C86H50N6/c1-3-23-53-45-55(43-41-51(53)21-1)81-63-31-9-17-37-75(63)87-83(89-81)91-77-39-19-11-29-61(77)65-47-71-73(49-79(65)91)85(67-33-13-5-25-57(67)58-26-6-14-34-68(58)85)72-48-66-62-30-12-20-40-78(62)92(80(66)50-74(72)86(71)69-35-15-7-27-59(69)60-28-8-16-36-70(60)86)84-88-76-38-18-10-32-64(76)82(90-84)56-44-42-52-22-2-4-24-54(52)46-56/h1-50H. The third-order valence-electron chi connectivity index (χ3n) is 20.8. The number of nitrogens with zero attached hydrogens (tertiary/aromatic N) is 6. The molecule has 18 aromatic rings. The maximum atomic E-state index is 5.74. The van der Waals surface area contributed by atoms with Gasteiger partial charge in [0.1, 0.15) is 0 Å². The van der Waals surface area contributed by atoms with Gasteiger partial charge in [-0.2, -0.15) is 0 Å². The Morgan fingerprint density at radius 1 is 0.217 bits per heavy atom. The summed E-state index contributed by atoms with van der Waals surface area (Å²) >= 11 is 0. The normalized spacial score (nSPS) is 13.8. The Morgan fingerprint density at radius 3 is 0.957 bits per heavy atom. The molecule has 21 rings (SSSR count). The number of benzene rings is 14. The van der Waals surface area contributed by atoms with E-state index in [1.807, 2.05) is 0 Å². The van der Waals surface area contributed by atoms with E-state index < -0.39 is 10.8 Å². The number of para-hydroxylation sites is 4. The molecule has 0 amide bonds. The van der Waals surface area contributed by atoms with Crippen molar-refractivity contribution in [2.45, 2.75) is 10.8 Å². The number of fused-ring (bicyclic) bond motifs is 26. The van der Waals surface area contributed by atoms with Crippen LogP contribution in [0.2, 0.25) is 0 Å². The highest BCUT2D eigenvalue weighted by atomic mass is 15.2. The highest BCUT2D eigenvalue weighted by Gasteiger charge is 2.59. The van der Waals surface area contributed by atoms with Gasteiger partial charge in [0.05, 0.1) is 55.3 Å². The van der Waals surface area contributed by atoms with Crippen molar-refractivity contribution in [1.29, 1.82) is 0 Å². The van der Waals surface area contributed by atoms with E-state index in [9.17, 15) is 0 Å². The van der Waals surface area contributed by atoms with Gasteiger partial charge in [-0.15, -0.1) is 0 Å². The van der Waals surface area contributed by atoms with Gasteiger partial charge in [-0.25, -0.2) is 19.9 Å². The summed E-state index contributed by atoms with van der Waals surface area (Å²) in [6, 6.07) is 112. The zero-order valence-electron chi connectivity index (χ0n) is 49.6. The number of hydrogen-bond acceptors (Lipinski definition) is 4. The van der Waals surface area contributed by atoms with Crippen molar-refractivity contribution < 1.29 is 0 Å². The van der Waals surface area contributed by atoms with Gasteiger partial charge >= 0.3 is 0 Å². The van der Waals surface area contributed by atoms with Crippen LogP contribution >= 0.6 is 0 Å². The molecule has 0 radical (unpaired) electrons. The average Bonchev–Trinajstić information content (AvgIpc) is 1.41. The van der Waals surface area contributed by atoms with Crippen LogP contribution in [-0.4, -0.2) is 29.1 Å². The first-order chi connectivity index (χ1) is 45.6. The minimum atomic E-state index is -0.842. The minimum absolute atomic E-state index is 0.621. The van der Waals surface area contributed by atoms with E-state index in [2.05, 4.69) is 312 Å². The molecule has 92 heavy (non-hydrogen) atoms. The van der Waals surface area contributed by atoms with Crippen LogP contribution in [0.3, 0.4) is 0 Å². The molecular weight excluding hydrogens is 1120 g/mol. The van der Waals surface area contributed by atoms with Crippen molar-refractivity contribution in [3.63, 3.8) is 0 Å². The monoisotopic (exact) mass is 1170 g/mol. The van der Waals surface area contributed by atoms with Crippen LogP contribution in [0.5, 0.6) is 0 Å². The molecule has 424 valence electrons. The van der Waals surface area contributed by atoms with E-state index >= 15 is 0 Å². The molecule has 2 spiro atoms. The van der Waals surface area contributed by atoms with E-state index in [0.717, 1.165) is 87.9 Å². The van der Waals surface area contributed by atoms with E-state index in [0.29, 0.717) is 11.9 Å². The molecule has 6 heteroatoms. The number of aromatic nitrogens is 6. The van der Waals surface area contributed by atoms with Crippen molar-refractivity contribution in [3.05, 3.63) is 348 Å². The Bertz CT molecular complexity index is 5830. The molecule has 3 aliphatic carbocycles. The van der Waals surface area contributed by atoms with Gasteiger partial charge in [0.2, 0.25) is 11.9 Å². The minimum Gasteiger partial charge on any atom is -0.278 e. The van der Waals surface area contributed by atoms with Gasteiger partial charge in [-0.05, 0) is 149 Å². The topological polar surface area (TPSA) is 61.4 Å². The first-order valence-electron chi connectivity index (χ1n) is 31.7. The Labute approximate surface area is 528 Å². The summed E-state index contributed by atoms with van der Waals surface area (Å²) in [6.45, 7) is 0. The number of rotatable bonds is 4. The molecule has 0 saturated carbocycles. The van der Waals surface area contributed by atoms with Crippen molar-refractivity contribution in [2.24, 2.45) is 0 Å². The zero-order valence-corrected chi connectivity index (χ0v) is 49.6. The first-order valence-corrected chi connectivity index (χ1v) is 31.7. The second-order valence-corrected chi connectivity index (χ2v) is 25.1. The molecule has 0 fully saturated rings. The Morgan fingerprint density at radius 2 is 0.543 bits per heavy atom. The van der Waals surface area contributed by atoms with Crippen molar-refractivity contribution in [3.8, 4) is 56.7 Å². The lowest BCUT2D eigenvalue weighted by atomic mass is 9.52. The van der Waals surface area contributed by atoms with Gasteiger partial charge in [0.15, 0.2) is 0 Å². The summed E-state index contributed by atoms with van der Waals surface area (Å²) in [7, 11) is 0. The van der Waals surface area contributed by atoms with Crippen molar-refractivity contribution in [2.75, 3.05) is 0 Å². The summed E-state index contributed by atoms with van der Waals surface area (Å²) in [6.07, 6.45) is 0. The molecule has 0 saturated heterocycles. The van der Waals surface area contributed by atoms with E-state index in [1.54, 1.807) is 0 Å². The molecule has 0 aliphatic heterocycles. The fraction of sp³-hybridized carbons (Fsp3) is 0.0233. The molecule has 14 aromatic carbocycles. The van der Waals surface area contributed by atoms with Gasteiger partial charge in [-0.3, -0.25) is 9.13 Å². The lowest BCUT2D eigenvalue weighted by Crippen LogP contribution is -2.44. The van der Waals surface area contributed by atoms with E-state index in [1.165, 1.54) is 88.3 Å². The summed E-state index contributed by atoms with van der Waals surface area (Å²) in [4.78, 5) is 22.7. The lowest BCUT2D eigenvalue weighted by Gasteiger charge is -2.49. The second-order valence-electron chi connectivity index (χ2n) is 25.1. The van der Waals surface area contributed by atoms with Crippen LogP contribution in [0.15, 0.2) is 303 Å². The molecule has 0 atom stereocenters. The van der Waals surface area contributed by atoms with Crippen LogP contribution in [-0.2, 0) is 10.8 Å². The molecule has 4 aromatic heterocycles. The first kappa shape index (κ1) is 49.8. The predicted molar refractivity (Wildman–Crippen MR) is 375 cm³/mol. The molecule has 6 nitrogen and oxygen atoms in total. The van der Waals surface area contributed by atoms with Crippen molar-refractivity contribution >= 4 is 87.0 Å². The summed E-state index contributed by atoms with van der Waals surface area (Å²) in [5.74, 6) is 1.24. The average molecular weight is 1170 g/mol. The summed E-state index contributed by atoms with van der Waals surface area (Å²) in [5.41, 5.74) is 23.0. The van der Waals surface area contributed by atoms with E-state index in [4.69, 9.17) is 19.9 Å². The third kappa shape index (κ3) is 6.41. The highest BCUT2D eigenvalue weighted by Crippen LogP contribution is 2.68. The smallest absolute Gasteiger partial charge is 0.235 e. The fourth-order valence-corrected chi connectivity index (χ4v) is 17.1. The quantitative estimate of drug-likeness (QED) is 0.176. The molecule has 0 bridgehead atoms. The molecular formula is C86H50N6. The molecule has 0 N–H and O–H groups in total. The van der Waals surface area contributed by atoms with Crippen LogP contribution in [0.4, 0.5) is 0 Å². The third-order valence-corrected chi connectivity index (χ3v) is 20.8. The van der Waals surface area contributed by atoms with Gasteiger partial charge in [0, 0.05) is 43.4 Å². The Balaban J connectivity index is 0.927. The molecule has 0 unspecified atom stereocenters. The number of hydrogen-bond donors (Lipinski definition) is 0. The molecule has 3 aliphatic rings.